The average molecular weight is 346 g/mol. The molecule has 0 bridgehead atoms. The van der Waals surface area contributed by atoms with E-state index in [9.17, 15) is 8.42 Å². The lowest BCUT2D eigenvalue weighted by Gasteiger charge is -2.15. The van der Waals surface area contributed by atoms with Crippen LogP contribution in [-0.4, -0.2) is 27.0 Å². The second-order valence-corrected chi connectivity index (χ2v) is 8.75. The van der Waals surface area contributed by atoms with Gasteiger partial charge in [0.2, 0.25) is 0 Å². The molecule has 3 nitrogen and oxygen atoms in total. The van der Waals surface area contributed by atoms with Gasteiger partial charge in [0.1, 0.15) is 9.84 Å². The van der Waals surface area contributed by atoms with Gasteiger partial charge in [-0.3, -0.25) is 0 Å². The topological polar surface area (TPSA) is 46.2 Å². The Balaban J connectivity index is 1.85. The van der Waals surface area contributed by atoms with E-state index in [4.69, 9.17) is 0 Å². The number of benzene rings is 1. The Hall–Kier alpha value is -0.390. The van der Waals surface area contributed by atoms with Gasteiger partial charge in [-0.15, -0.1) is 0 Å². The van der Waals surface area contributed by atoms with E-state index in [2.05, 4.69) is 46.4 Å². The molecule has 0 radical (unpaired) electrons. The summed E-state index contributed by atoms with van der Waals surface area (Å²) in [5.74, 6) is 0.312. The number of aryl methyl sites for hydroxylation is 1. The SMILES string of the molecule is Cc1cc(CNCC2(CS(C)(=O)=O)CC2)ccc1Br. The predicted molar refractivity (Wildman–Crippen MR) is 82.0 cm³/mol. The molecule has 106 valence electrons. The van der Waals surface area contributed by atoms with Crippen LogP contribution in [0.3, 0.4) is 0 Å². The van der Waals surface area contributed by atoms with Gasteiger partial charge in [-0.25, -0.2) is 8.42 Å². The molecule has 19 heavy (non-hydrogen) atoms. The van der Waals surface area contributed by atoms with Gasteiger partial charge in [-0.2, -0.15) is 0 Å². The minimum Gasteiger partial charge on any atom is -0.312 e. The highest BCUT2D eigenvalue weighted by molar-refractivity contribution is 9.10. The van der Waals surface area contributed by atoms with Crippen molar-refractivity contribution < 1.29 is 8.42 Å². The molecule has 1 aromatic carbocycles. The maximum absolute atomic E-state index is 11.4. The van der Waals surface area contributed by atoms with E-state index >= 15 is 0 Å². The zero-order valence-electron chi connectivity index (χ0n) is 11.4. The predicted octanol–water partition coefficient (Wildman–Crippen LogP) is 2.67. The van der Waals surface area contributed by atoms with Crippen molar-refractivity contribution in [1.82, 2.24) is 5.32 Å². The highest BCUT2D eigenvalue weighted by Gasteiger charge is 2.44. The van der Waals surface area contributed by atoms with Crippen LogP contribution in [0.1, 0.15) is 24.0 Å². The van der Waals surface area contributed by atoms with Crippen molar-refractivity contribution in [3.8, 4) is 0 Å². The number of halogens is 1. The highest BCUT2D eigenvalue weighted by Crippen LogP contribution is 2.46. The molecular weight excluding hydrogens is 326 g/mol. The van der Waals surface area contributed by atoms with Crippen molar-refractivity contribution >= 4 is 25.8 Å². The summed E-state index contributed by atoms with van der Waals surface area (Å²) in [4.78, 5) is 0. The Morgan fingerprint density at radius 3 is 2.58 bits per heavy atom. The lowest BCUT2D eigenvalue weighted by Crippen LogP contribution is -2.29. The molecule has 0 heterocycles. The fourth-order valence-corrected chi connectivity index (χ4v) is 4.14. The summed E-state index contributed by atoms with van der Waals surface area (Å²) in [6.45, 7) is 3.65. The second kappa shape index (κ2) is 5.54. The molecule has 1 aliphatic rings. The first-order valence-electron chi connectivity index (χ1n) is 6.43. The zero-order valence-corrected chi connectivity index (χ0v) is 13.8. The third-order valence-corrected chi connectivity index (χ3v) is 5.60. The standard InChI is InChI=1S/C14H20BrNO2S/c1-11-7-12(3-4-13(11)15)8-16-9-14(5-6-14)10-19(2,17)18/h3-4,7,16H,5-6,8-10H2,1-2H3. The maximum atomic E-state index is 11.4. The molecule has 0 aromatic heterocycles. The van der Waals surface area contributed by atoms with Crippen LogP contribution in [0.5, 0.6) is 0 Å². The molecule has 2 rings (SSSR count). The summed E-state index contributed by atoms with van der Waals surface area (Å²) in [5, 5.41) is 3.39. The summed E-state index contributed by atoms with van der Waals surface area (Å²) in [5.41, 5.74) is 2.45. The van der Waals surface area contributed by atoms with Crippen molar-refractivity contribution in [1.29, 1.82) is 0 Å². The van der Waals surface area contributed by atoms with E-state index < -0.39 is 9.84 Å². The smallest absolute Gasteiger partial charge is 0.148 e. The van der Waals surface area contributed by atoms with Crippen molar-refractivity contribution in [3.63, 3.8) is 0 Å². The molecule has 1 fully saturated rings. The summed E-state index contributed by atoms with van der Waals surface area (Å²) in [7, 11) is -2.87. The molecule has 0 saturated heterocycles. The maximum Gasteiger partial charge on any atom is 0.148 e. The molecular formula is C14H20BrNO2S. The minimum absolute atomic E-state index is 0.00199. The number of sulfone groups is 1. The summed E-state index contributed by atoms with van der Waals surface area (Å²) >= 11 is 3.49. The second-order valence-electron chi connectivity index (χ2n) is 5.76. The first-order valence-corrected chi connectivity index (χ1v) is 9.29. The van der Waals surface area contributed by atoms with Crippen LogP contribution >= 0.6 is 15.9 Å². The third-order valence-electron chi connectivity index (χ3n) is 3.58. The van der Waals surface area contributed by atoms with Gasteiger partial charge in [0, 0.05) is 23.8 Å². The first-order chi connectivity index (χ1) is 8.80. The Morgan fingerprint density at radius 1 is 1.37 bits per heavy atom. The van der Waals surface area contributed by atoms with Crippen LogP contribution in [0, 0.1) is 12.3 Å². The van der Waals surface area contributed by atoms with Gasteiger partial charge in [-0.1, -0.05) is 28.1 Å². The van der Waals surface area contributed by atoms with Crippen LogP contribution in [-0.2, 0) is 16.4 Å². The molecule has 0 spiro atoms. The lowest BCUT2D eigenvalue weighted by atomic mass is 10.1. The van der Waals surface area contributed by atoms with Gasteiger partial charge < -0.3 is 5.32 Å². The van der Waals surface area contributed by atoms with Gasteiger partial charge in [0.05, 0.1) is 5.75 Å². The van der Waals surface area contributed by atoms with Crippen LogP contribution in [0.2, 0.25) is 0 Å². The average Bonchev–Trinajstić information content (AvgIpc) is 3.01. The van der Waals surface area contributed by atoms with E-state index in [0.29, 0.717) is 5.75 Å². The quantitative estimate of drug-likeness (QED) is 0.862. The first kappa shape index (κ1) is 15.0. The van der Waals surface area contributed by atoms with Gasteiger partial charge >= 0.3 is 0 Å². The van der Waals surface area contributed by atoms with Crippen molar-refractivity contribution in [3.05, 3.63) is 33.8 Å². The Kier molecular flexibility index (Phi) is 4.38. The van der Waals surface area contributed by atoms with Crippen molar-refractivity contribution in [2.75, 3.05) is 18.6 Å². The van der Waals surface area contributed by atoms with Crippen LogP contribution < -0.4 is 5.32 Å². The van der Waals surface area contributed by atoms with Crippen LogP contribution in [0.4, 0.5) is 0 Å². The summed E-state index contributed by atoms with van der Waals surface area (Å²) in [6.07, 6.45) is 3.37. The van der Waals surface area contributed by atoms with Gasteiger partial charge in [0.15, 0.2) is 0 Å². The normalized spacial score (nSPS) is 17.4. The third kappa shape index (κ3) is 4.58. The van der Waals surface area contributed by atoms with E-state index in [1.54, 1.807) is 0 Å². The zero-order chi connectivity index (χ0) is 14.1. The summed E-state index contributed by atoms with van der Waals surface area (Å²) < 4.78 is 23.9. The largest absolute Gasteiger partial charge is 0.312 e. The Labute approximate surface area is 123 Å². The van der Waals surface area contributed by atoms with Crippen molar-refractivity contribution in [2.24, 2.45) is 5.41 Å². The number of nitrogens with one attached hydrogen (secondary N) is 1. The van der Waals surface area contributed by atoms with Crippen LogP contribution in [0.15, 0.2) is 22.7 Å². The van der Waals surface area contributed by atoms with Crippen molar-refractivity contribution in [2.45, 2.75) is 26.3 Å². The van der Waals surface area contributed by atoms with E-state index in [-0.39, 0.29) is 5.41 Å². The monoisotopic (exact) mass is 345 g/mol. The molecule has 1 aliphatic carbocycles. The number of hydrogen-bond acceptors (Lipinski definition) is 3. The number of rotatable bonds is 6. The van der Waals surface area contributed by atoms with E-state index in [1.165, 1.54) is 17.4 Å². The number of hydrogen-bond donors (Lipinski definition) is 1. The molecule has 0 aliphatic heterocycles. The minimum atomic E-state index is -2.87. The Morgan fingerprint density at radius 2 is 2.05 bits per heavy atom. The molecule has 0 amide bonds. The van der Waals surface area contributed by atoms with Crippen LogP contribution in [0.25, 0.3) is 0 Å². The Bertz CT molecular complexity index is 565. The molecule has 1 N–H and O–H groups in total. The lowest BCUT2D eigenvalue weighted by molar-refractivity contribution is 0.492. The molecule has 0 atom stereocenters. The van der Waals surface area contributed by atoms with Gasteiger partial charge in [-0.05, 0) is 42.4 Å². The fraction of sp³-hybridized carbons (Fsp3) is 0.571. The highest BCUT2D eigenvalue weighted by atomic mass is 79.9. The van der Waals surface area contributed by atoms with E-state index in [0.717, 1.165) is 30.4 Å². The molecule has 1 aromatic rings. The summed E-state index contributed by atoms with van der Waals surface area (Å²) in [6, 6.07) is 6.28. The molecule has 1 saturated carbocycles. The van der Waals surface area contributed by atoms with Gasteiger partial charge in [0.25, 0.3) is 0 Å². The molecule has 0 unspecified atom stereocenters. The van der Waals surface area contributed by atoms with E-state index in [1.807, 2.05) is 0 Å². The molecule has 5 heteroatoms. The fourth-order valence-electron chi connectivity index (χ4n) is 2.39.